The van der Waals surface area contributed by atoms with E-state index in [0.29, 0.717) is 18.4 Å². The van der Waals surface area contributed by atoms with Crippen LogP contribution in [-0.4, -0.2) is 58.5 Å². The zero-order valence-electron chi connectivity index (χ0n) is 21.3. The van der Waals surface area contributed by atoms with Gasteiger partial charge in [-0.2, -0.15) is 0 Å². The van der Waals surface area contributed by atoms with Crippen molar-refractivity contribution in [1.29, 1.82) is 0 Å². The number of carbonyl (C=O) groups is 3. The van der Waals surface area contributed by atoms with Crippen molar-refractivity contribution in [3.63, 3.8) is 0 Å². The van der Waals surface area contributed by atoms with Crippen molar-refractivity contribution in [2.75, 3.05) is 7.11 Å². The Morgan fingerprint density at radius 2 is 1.94 bits per heavy atom. The largest absolute Gasteiger partial charge is 0.472 e. The van der Waals surface area contributed by atoms with Gasteiger partial charge in [0.05, 0.1) is 44.2 Å². The Hall–Kier alpha value is -2.23. The molecule has 2 saturated heterocycles. The molecule has 10 atom stereocenters. The van der Waals surface area contributed by atoms with Gasteiger partial charge in [-0.15, -0.1) is 0 Å². The number of fused-ring (bicyclic) bond motifs is 3. The molecule has 1 aromatic rings. The molecule has 0 amide bonds. The van der Waals surface area contributed by atoms with Crippen LogP contribution in [-0.2, 0) is 28.6 Å². The van der Waals surface area contributed by atoms with Crippen LogP contribution in [0.3, 0.4) is 0 Å². The summed E-state index contributed by atoms with van der Waals surface area (Å²) in [6.07, 6.45) is 0.662. The van der Waals surface area contributed by atoms with E-state index in [1.807, 2.05) is 27.7 Å². The molecular weight excluding hydrogens is 468 g/mol. The molecule has 1 aromatic heterocycles. The Labute approximate surface area is 209 Å². The predicted octanol–water partition coefficient (Wildman–Crippen LogP) is 2.34. The lowest BCUT2D eigenvalue weighted by atomic mass is 9.36. The summed E-state index contributed by atoms with van der Waals surface area (Å²) in [5.74, 6) is -3.07. The van der Waals surface area contributed by atoms with Crippen molar-refractivity contribution in [1.82, 2.24) is 0 Å². The summed E-state index contributed by atoms with van der Waals surface area (Å²) in [4.78, 5) is 39.7. The average Bonchev–Trinajstić information content (AvgIpc) is 3.42. The maximum absolute atomic E-state index is 14.1. The van der Waals surface area contributed by atoms with E-state index >= 15 is 0 Å². The molecule has 3 aliphatic carbocycles. The van der Waals surface area contributed by atoms with Crippen molar-refractivity contribution < 1.29 is 43.2 Å². The average molecular weight is 503 g/mol. The molecule has 2 N–H and O–H groups in total. The molecule has 3 bridgehead atoms. The number of methoxy groups -OCH3 is 1. The highest BCUT2D eigenvalue weighted by Crippen LogP contribution is 2.77. The second-order valence-corrected chi connectivity index (χ2v) is 12.6. The first-order chi connectivity index (χ1) is 16.8. The number of furan rings is 1. The van der Waals surface area contributed by atoms with Gasteiger partial charge in [0.15, 0.2) is 0 Å². The third kappa shape index (κ3) is 2.37. The van der Waals surface area contributed by atoms with E-state index < -0.39 is 75.5 Å². The van der Waals surface area contributed by atoms with Gasteiger partial charge in [-0.05, 0) is 30.2 Å². The third-order valence-corrected chi connectivity index (χ3v) is 11.1. The summed E-state index contributed by atoms with van der Waals surface area (Å²) < 4.78 is 22.9. The van der Waals surface area contributed by atoms with Gasteiger partial charge in [0, 0.05) is 28.7 Å². The highest BCUT2D eigenvalue weighted by atomic mass is 16.6. The van der Waals surface area contributed by atoms with E-state index in [1.54, 1.807) is 6.07 Å². The van der Waals surface area contributed by atoms with Crippen molar-refractivity contribution >= 4 is 17.7 Å². The Morgan fingerprint density at radius 1 is 1.22 bits per heavy atom. The molecule has 196 valence electrons. The van der Waals surface area contributed by atoms with E-state index in [-0.39, 0.29) is 18.6 Å². The Balaban J connectivity index is 1.57. The zero-order valence-corrected chi connectivity index (χ0v) is 21.3. The second-order valence-electron chi connectivity index (χ2n) is 12.6. The molecule has 5 aliphatic rings. The van der Waals surface area contributed by atoms with Gasteiger partial charge in [0.2, 0.25) is 0 Å². The van der Waals surface area contributed by atoms with Crippen LogP contribution in [0.15, 0.2) is 23.0 Å². The fourth-order valence-corrected chi connectivity index (χ4v) is 9.36. The number of ether oxygens (including phenoxy) is 3. The van der Waals surface area contributed by atoms with Crippen molar-refractivity contribution in [3.8, 4) is 0 Å². The highest BCUT2D eigenvalue weighted by Gasteiger charge is 2.87. The molecule has 1 unspecified atom stereocenters. The van der Waals surface area contributed by atoms with Crippen molar-refractivity contribution in [3.05, 3.63) is 24.2 Å². The summed E-state index contributed by atoms with van der Waals surface area (Å²) in [6.45, 7) is 7.63. The Kier molecular flexibility index (Phi) is 4.69. The lowest BCUT2D eigenvalue weighted by molar-refractivity contribution is -0.333. The number of aliphatic hydroxyl groups excluding tert-OH is 1. The van der Waals surface area contributed by atoms with Gasteiger partial charge >= 0.3 is 11.9 Å². The number of aliphatic hydroxyl groups is 2. The first kappa shape index (κ1) is 24.1. The number of esters is 2. The number of rotatable bonds is 3. The summed E-state index contributed by atoms with van der Waals surface area (Å²) in [5, 5.41) is 24.7. The summed E-state index contributed by atoms with van der Waals surface area (Å²) in [6, 6.07) is 1.71. The molecule has 1 spiro atoms. The standard InChI is InChI=1S/C27H34O9/c1-23(2)15(10-16(28)33-5)25(4)14-6-8-24(3)21(13-7-9-34-12-13)35-17(29)11-26(24,32)27(14)20(31)18(19(25)30)22(23)36-27/h7,9,12,14-15,18,20-22,31-32H,6,8,10-11H2,1-5H3/t14-,15+,18-,20?,21+,22-,24+,25-,26+,27-/m1/s1. The smallest absolute Gasteiger partial charge is 0.309 e. The van der Waals surface area contributed by atoms with Crippen LogP contribution in [0.1, 0.15) is 65.0 Å². The van der Waals surface area contributed by atoms with Gasteiger partial charge in [-0.25, -0.2) is 0 Å². The van der Waals surface area contributed by atoms with Crippen molar-refractivity contribution in [2.45, 2.75) is 82.9 Å². The molecular formula is C27H34O9. The molecule has 0 radical (unpaired) electrons. The van der Waals surface area contributed by atoms with E-state index in [1.165, 1.54) is 19.6 Å². The van der Waals surface area contributed by atoms with E-state index in [2.05, 4.69) is 0 Å². The predicted molar refractivity (Wildman–Crippen MR) is 122 cm³/mol. The Morgan fingerprint density at radius 3 is 2.58 bits per heavy atom. The fraction of sp³-hybridized carbons (Fsp3) is 0.741. The lowest BCUT2D eigenvalue weighted by Crippen LogP contribution is -2.81. The normalized spacial score (nSPS) is 50.3. The molecule has 3 saturated carbocycles. The molecule has 3 heterocycles. The van der Waals surface area contributed by atoms with Crippen LogP contribution in [0.25, 0.3) is 0 Å². The quantitative estimate of drug-likeness (QED) is 0.598. The molecule has 5 fully saturated rings. The molecule has 6 rings (SSSR count). The first-order valence-corrected chi connectivity index (χ1v) is 12.7. The van der Waals surface area contributed by atoms with Gasteiger partial charge in [-0.3, -0.25) is 14.4 Å². The summed E-state index contributed by atoms with van der Waals surface area (Å²) in [7, 11) is 1.33. The summed E-state index contributed by atoms with van der Waals surface area (Å²) >= 11 is 0. The molecule has 9 nitrogen and oxygen atoms in total. The number of cyclic esters (lactones) is 1. The van der Waals surface area contributed by atoms with Crippen molar-refractivity contribution in [2.24, 2.45) is 34.0 Å². The number of hydrogen-bond acceptors (Lipinski definition) is 9. The summed E-state index contributed by atoms with van der Waals surface area (Å²) in [5.41, 5.74) is -5.57. The number of Topliss-reactive ketones (excluding diaryl/α,β-unsaturated/α-hetero) is 1. The minimum absolute atomic E-state index is 0.0242. The van der Waals surface area contributed by atoms with Gasteiger partial charge in [-0.1, -0.05) is 27.7 Å². The topological polar surface area (TPSA) is 132 Å². The molecule has 9 heteroatoms. The van der Waals surface area contributed by atoms with Gasteiger partial charge in [0.1, 0.15) is 23.1 Å². The van der Waals surface area contributed by atoms with Crippen LogP contribution in [0.4, 0.5) is 0 Å². The van der Waals surface area contributed by atoms with E-state index in [4.69, 9.17) is 18.6 Å². The minimum Gasteiger partial charge on any atom is -0.472 e. The molecule has 0 aromatic carbocycles. The van der Waals surface area contributed by atoms with Gasteiger partial charge in [0.25, 0.3) is 0 Å². The van der Waals surface area contributed by atoms with Crippen LogP contribution < -0.4 is 0 Å². The fourth-order valence-electron chi connectivity index (χ4n) is 9.36. The first-order valence-electron chi connectivity index (χ1n) is 12.7. The van der Waals surface area contributed by atoms with E-state index in [0.717, 1.165) is 0 Å². The minimum atomic E-state index is -1.83. The number of hydrogen-bond donors (Lipinski definition) is 2. The van der Waals surface area contributed by atoms with Crippen LogP contribution in [0.2, 0.25) is 0 Å². The SMILES string of the molecule is COC(=O)C[C@H]1C(C)(C)[C@@H]2O[C@@]34C(O)[C@H]2C(=O)[C@]1(C)[C@H]3CC[C@@]1(C)[C@H](c2ccoc2)OC(=O)C[C@]14O. The van der Waals surface area contributed by atoms with Crippen LogP contribution in [0, 0.1) is 34.0 Å². The lowest BCUT2D eigenvalue weighted by Gasteiger charge is -2.68. The van der Waals surface area contributed by atoms with E-state index in [9.17, 15) is 24.6 Å². The number of carbonyl (C=O) groups excluding carboxylic acids is 3. The Bertz CT molecular complexity index is 1140. The maximum Gasteiger partial charge on any atom is 0.309 e. The third-order valence-electron chi connectivity index (χ3n) is 11.1. The van der Waals surface area contributed by atoms with Crippen LogP contribution >= 0.6 is 0 Å². The van der Waals surface area contributed by atoms with Crippen LogP contribution in [0.5, 0.6) is 0 Å². The highest BCUT2D eigenvalue weighted by molar-refractivity contribution is 5.93. The second kappa shape index (κ2) is 6.99. The van der Waals surface area contributed by atoms with Gasteiger partial charge < -0.3 is 28.8 Å². The molecule has 2 aliphatic heterocycles. The number of ketones is 1. The maximum atomic E-state index is 14.1. The molecule has 36 heavy (non-hydrogen) atoms. The monoisotopic (exact) mass is 502 g/mol. The zero-order chi connectivity index (χ0) is 26.1.